The molecule has 1 aromatic carbocycles. The van der Waals surface area contributed by atoms with Gasteiger partial charge in [-0.1, -0.05) is 6.07 Å². The van der Waals surface area contributed by atoms with Crippen LogP contribution in [-0.2, 0) is 25.7 Å². The average molecular weight is 411 g/mol. The van der Waals surface area contributed by atoms with Crippen LogP contribution in [-0.4, -0.2) is 33.5 Å². The van der Waals surface area contributed by atoms with E-state index in [9.17, 15) is 22.4 Å². The lowest BCUT2D eigenvalue weighted by atomic mass is 10.1. The molecule has 0 atom stereocenters. The number of carbonyl (C=O) groups excluding carboxylic acids is 1. The van der Waals surface area contributed by atoms with Crippen molar-refractivity contribution < 1.29 is 22.4 Å². The maximum absolute atomic E-state index is 13.7. The lowest BCUT2D eigenvalue weighted by Crippen LogP contribution is -2.42. The summed E-state index contributed by atoms with van der Waals surface area (Å²) in [6.07, 6.45) is -2.41. The molecule has 0 fully saturated rings. The Morgan fingerprint density at radius 2 is 2.07 bits per heavy atom. The smallest absolute Gasteiger partial charge is 0.352 e. The maximum atomic E-state index is 13.7. The summed E-state index contributed by atoms with van der Waals surface area (Å²) in [6, 6.07) is 2.38. The van der Waals surface area contributed by atoms with Crippen molar-refractivity contribution in [3.8, 4) is 0 Å². The summed E-state index contributed by atoms with van der Waals surface area (Å²) < 4.78 is 51.5. The third-order valence-electron chi connectivity index (χ3n) is 4.43. The number of hydrogen-bond acceptors (Lipinski definition) is 4. The summed E-state index contributed by atoms with van der Waals surface area (Å²) in [4.78, 5) is 22.7. The number of fused-ring (bicyclic) bond motifs is 1. The fraction of sp³-hybridized carbons (Fsp3) is 0.421. The Hall–Kier alpha value is -2.91. The molecule has 6 nitrogen and oxygen atoms in total. The Morgan fingerprint density at radius 1 is 1.31 bits per heavy atom. The zero-order valence-electron chi connectivity index (χ0n) is 16.0. The van der Waals surface area contributed by atoms with Crippen LogP contribution in [0.2, 0.25) is 0 Å². The van der Waals surface area contributed by atoms with Crippen LogP contribution in [0.4, 0.5) is 28.3 Å². The Morgan fingerprint density at radius 3 is 2.72 bits per heavy atom. The number of rotatable bonds is 4. The number of aromatic nitrogens is 2. The van der Waals surface area contributed by atoms with Crippen LogP contribution in [0.5, 0.6) is 0 Å². The minimum atomic E-state index is -4.75. The molecule has 2 N–H and O–H groups in total. The second-order valence-corrected chi connectivity index (χ2v) is 7.11. The highest BCUT2D eigenvalue weighted by Gasteiger charge is 2.34. The molecule has 1 aliphatic heterocycles. The van der Waals surface area contributed by atoms with Gasteiger partial charge < -0.3 is 15.5 Å². The highest BCUT2D eigenvalue weighted by Crippen LogP contribution is 2.31. The van der Waals surface area contributed by atoms with Gasteiger partial charge in [-0.25, -0.2) is 19.2 Å². The summed E-state index contributed by atoms with van der Waals surface area (Å²) in [5.74, 6) is -0.876. The number of halogens is 4. The van der Waals surface area contributed by atoms with Gasteiger partial charge in [-0.2, -0.15) is 13.2 Å². The van der Waals surface area contributed by atoms with Crippen LogP contribution in [0.15, 0.2) is 24.4 Å². The molecule has 0 bridgehead atoms. The zero-order chi connectivity index (χ0) is 21.2. The normalized spacial score (nSPS) is 14.0. The molecule has 0 spiro atoms. The Kier molecular flexibility index (Phi) is 5.90. The van der Waals surface area contributed by atoms with E-state index in [1.807, 2.05) is 13.8 Å². The van der Waals surface area contributed by atoms with Gasteiger partial charge in [0, 0.05) is 25.3 Å². The van der Waals surface area contributed by atoms with Gasteiger partial charge in [0.05, 0.1) is 17.8 Å². The molecule has 0 aliphatic carbocycles. The second-order valence-electron chi connectivity index (χ2n) is 7.11. The summed E-state index contributed by atoms with van der Waals surface area (Å²) >= 11 is 0. The molecule has 2 heterocycles. The molecule has 1 aliphatic rings. The van der Waals surface area contributed by atoms with Gasteiger partial charge in [0.15, 0.2) is 0 Å². The number of urea groups is 1. The summed E-state index contributed by atoms with van der Waals surface area (Å²) in [5.41, 5.74) is 0.621. The van der Waals surface area contributed by atoms with Gasteiger partial charge in [-0.05, 0) is 43.5 Å². The minimum absolute atomic E-state index is 0.0822. The van der Waals surface area contributed by atoms with E-state index >= 15 is 0 Å². The van der Waals surface area contributed by atoms with Crippen LogP contribution in [0.1, 0.15) is 36.2 Å². The first kappa shape index (κ1) is 20.8. The van der Waals surface area contributed by atoms with E-state index in [1.54, 1.807) is 11.1 Å². The zero-order valence-corrected chi connectivity index (χ0v) is 16.0. The third kappa shape index (κ3) is 5.12. The van der Waals surface area contributed by atoms with Gasteiger partial charge in [0.25, 0.3) is 0 Å². The fourth-order valence-electron chi connectivity index (χ4n) is 2.99. The van der Waals surface area contributed by atoms with Crippen LogP contribution in [0, 0.1) is 5.82 Å². The van der Waals surface area contributed by atoms with Crippen molar-refractivity contribution in [1.29, 1.82) is 0 Å². The topological polar surface area (TPSA) is 70.2 Å². The van der Waals surface area contributed by atoms with Crippen molar-refractivity contribution in [3.63, 3.8) is 0 Å². The first-order valence-electron chi connectivity index (χ1n) is 9.13. The van der Waals surface area contributed by atoms with E-state index in [0.717, 1.165) is 23.4 Å². The number of nitrogens with one attached hydrogen (secondary N) is 2. The average Bonchev–Trinajstić information content (AvgIpc) is 2.64. The van der Waals surface area contributed by atoms with Crippen LogP contribution in [0.25, 0.3) is 0 Å². The number of hydrogen-bond donors (Lipinski definition) is 2. The van der Waals surface area contributed by atoms with Crippen molar-refractivity contribution in [2.24, 2.45) is 0 Å². The standard InChI is InChI=1S/C19H21F4N5O/c1-11(2)26-17-24-9-13-5-6-28(10-16(13)27-17)18(29)25-8-12-3-4-14(15(20)7-12)19(21,22)23/h3-4,7,9,11H,5-6,8,10H2,1-2H3,(H,25,29)(H,24,26,27). The quantitative estimate of drug-likeness (QED) is 0.753. The van der Waals surface area contributed by atoms with Crippen molar-refractivity contribution in [3.05, 3.63) is 52.6 Å². The van der Waals surface area contributed by atoms with Gasteiger partial charge >= 0.3 is 12.2 Å². The number of nitrogens with zero attached hydrogens (tertiary/aromatic N) is 3. The third-order valence-corrected chi connectivity index (χ3v) is 4.43. The summed E-state index contributed by atoms with van der Waals surface area (Å²) in [7, 11) is 0. The lowest BCUT2D eigenvalue weighted by molar-refractivity contribution is -0.140. The molecule has 0 unspecified atom stereocenters. The Balaban J connectivity index is 1.61. The van der Waals surface area contributed by atoms with Crippen molar-refractivity contribution >= 4 is 12.0 Å². The fourth-order valence-corrected chi connectivity index (χ4v) is 2.99. The molecule has 0 saturated heterocycles. The van der Waals surface area contributed by atoms with Crippen molar-refractivity contribution in [2.45, 2.75) is 45.6 Å². The molecule has 29 heavy (non-hydrogen) atoms. The highest BCUT2D eigenvalue weighted by atomic mass is 19.4. The van der Waals surface area contributed by atoms with E-state index in [4.69, 9.17) is 0 Å². The van der Waals surface area contributed by atoms with Gasteiger partial charge in [0.2, 0.25) is 5.95 Å². The van der Waals surface area contributed by atoms with E-state index in [2.05, 4.69) is 20.6 Å². The number of anilines is 1. The second kappa shape index (κ2) is 8.22. The van der Waals surface area contributed by atoms with E-state index < -0.39 is 23.6 Å². The number of amides is 2. The molecule has 3 rings (SSSR count). The van der Waals surface area contributed by atoms with Gasteiger partial charge in [-0.3, -0.25) is 0 Å². The number of alkyl halides is 3. The summed E-state index contributed by atoms with van der Waals surface area (Å²) in [6.45, 7) is 4.60. The SMILES string of the molecule is CC(C)Nc1ncc2c(n1)CN(C(=O)NCc1ccc(C(F)(F)F)c(F)c1)CC2. The highest BCUT2D eigenvalue weighted by molar-refractivity contribution is 5.74. The monoisotopic (exact) mass is 411 g/mol. The predicted octanol–water partition coefficient (Wildman–Crippen LogP) is 3.72. The van der Waals surface area contributed by atoms with Gasteiger partial charge in [0.1, 0.15) is 5.82 Å². The molecule has 156 valence electrons. The Bertz CT molecular complexity index is 901. The first-order valence-corrected chi connectivity index (χ1v) is 9.13. The predicted molar refractivity (Wildman–Crippen MR) is 98.5 cm³/mol. The van der Waals surface area contributed by atoms with Crippen LogP contribution in [0.3, 0.4) is 0 Å². The number of benzene rings is 1. The molecule has 0 saturated carbocycles. The molecule has 2 aromatic rings. The number of carbonyl (C=O) groups is 1. The van der Waals surface area contributed by atoms with Gasteiger partial charge in [-0.15, -0.1) is 0 Å². The molecule has 0 radical (unpaired) electrons. The first-order chi connectivity index (χ1) is 13.6. The minimum Gasteiger partial charge on any atom is -0.352 e. The van der Waals surface area contributed by atoms with E-state index in [-0.39, 0.29) is 24.7 Å². The lowest BCUT2D eigenvalue weighted by Gasteiger charge is -2.28. The summed E-state index contributed by atoms with van der Waals surface area (Å²) in [5, 5.41) is 5.72. The molecule has 10 heteroatoms. The van der Waals surface area contributed by atoms with Crippen molar-refractivity contribution in [1.82, 2.24) is 20.2 Å². The molecular formula is C19H21F4N5O. The van der Waals surface area contributed by atoms with Crippen LogP contribution >= 0.6 is 0 Å². The Labute approximate surface area is 165 Å². The van der Waals surface area contributed by atoms with E-state index in [1.165, 1.54) is 0 Å². The molecule has 2 amide bonds. The molecule has 1 aromatic heterocycles. The largest absolute Gasteiger partial charge is 0.419 e. The van der Waals surface area contributed by atoms with Crippen molar-refractivity contribution in [2.75, 3.05) is 11.9 Å². The molecular weight excluding hydrogens is 390 g/mol. The van der Waals surface area contributed by atoms with E-state index in [0.29, 0.717) is 25.0 Å². The maximum Gasteiger partial charge on any atom is 0.419 e. The van der Waals surface area contributed by atoms with Crippen LogP contribution < -0.4 is 10.6 Å².